The third-order valence-electron chi connectivity index (χ3n) is 5.70. The van der Waals surface area contributed by atoms with E-state index in [9.17, 15) is 9.18 Å². The summed E-state index contributed by atoms with van der Waals surface area (Å²) in [6.07, 6.45) is 3.42. The van der Waals surface area contributed by atoms with Gasteiger partial charge in [-0.25, -0.2) is 14.4 Å². The molecule has 4 rings (SSSR count). The number of fused-ring (bicyclic) bond motifs is 1. The Morgan fingerprint density at radius 2 is 2.00 bits per heavy atom. The molecule has 1 amide bonds. The molecule has 1 aliphatic heterocycles. The number of aromatic nitrogens is 4. The number of halogens is 1. The summed E-state index contributed by atoms with van der Waals surface area (Å²) in [5.41, 5.74) is 2.07. The molecule has 3 aromatic rings. The van der Waals surface area contributed by atoms with E-state index in [4.69, 9.17) is 0 Å². The second kappa shape index (κ2) is 7.77. The monoisotopic (exact) mass is 396 g/mol. The minimum absolute atomic E-state index is 0.0417. The number of carbonyl (C=O) groups excluding carboxylic acids is 1. The van der Waals surface area contributed by atoms with Crippen LogP contribution >= 0.6 is 0 Å². The van der Waals surface area contributed by atoms with Crippen LogP contribution in [0.4, 0.5) is 10.2 Å². The fourth-order valence-corrected chi connectivity index (χ4v) is 3.93. The molecule has 0 bridgehead atoms. The standard InChI is InChI=1S/C21H25FN6O/c1-14-10-19(25-27(14)3)21(29)26(2)12-15-6-8-28(9-7-15)20-17-5-4-16(22)11-18(17)23-13-24-20/h4-5,10-11,13,15H,6-9,12H2,1-3H3. The van der Waals surface area contributed by atoms with Crippen molar-refractivity contribution in [3.05, 3.63) is 47.8 Å². The minimum Gasteiger partial charge on any atom is -0.356 e. The Morgan fingerprint density at radius 3 is 2.69 bits per heavy atom. The summed E-state index contributed by atoms with van der Waals surface area (Å²) in [6.45, 7) is 4.33. The van der Waals surface area contributed by atoms with Crippen molar-refractivity contribution in [2.75, 3.05) is 31.6 Å². The molecular weight excluding hydrogens is 371 g/mol. The SMILES string of the molecule is Cc1cc(C(=O)N(C)CC2CCN(c3ncnc4cc(F)ccc34)CC2)nn1C. The molecule has 1 aromatic carbocycles. The van der Waals surface area contributed by atoms with Gasteiger partial charge in [-0.05, 0) is 43.9 Å². The van der Waals surface area contributed by atoms with E-state index in [0.29, 0.717) is 23.7 Å². The Bertz CT molecular complexity index is 1020. The number of nitrogens with zero attached hydrogens (tertiary/aromatic N) is 6. The molecule has 0 aliphatic carbocycles. The Labute approximate surface area is 169 Å². The zero-order valence-corrected chi connectivity index (χ0v) is 17.0. The maximum absolute atomic E-state index is 13.5. The quantitative estimate of drug-likeness (QED) is 0.678. The van der Waals surface area contributed by atoms with E-state index in [0.717, 1.165) is 42.8 Å². The van der Waals surface area contributed by atoms with Crippen LogP contribution in [-0.4, -0.2) is 57.2 Å². The third-order valence-corrected chi connectivity index (χ3v) is 5.70. The number of piperidine rings is 1. The molecule has 0 spiro atoms. The van der Waals surface area contributed by atoms with Gasteiger partial charge in [-0.3, -0.25) is 9.48 Å². The first kappa shape index (κ1) is 19.3. The van der Waals surface area contributed by atoms with Crippen molar-refractivity contribution in [1.82, 2.24) is 24.6 Å². The average molecular weight is 396 g/mol. The molecule has 0 N–H and O–H groups in total. The average Bonchev–Trinajstić information content (AvgIpc) is 3.05. The number of rotatable bonds is 4. The summed E-state index contributed by atoms with van der Waals surface area (Å²) in [4.78, 5) is 25.2. The van der Waals surface area contributed by atoms with Gasteiger partial charge in [0.2, 0.25) is 0 Å². The zero-order chi connectivity index (χ0) is 20.5. The second-order valence-electron chi connectivity index (χ2n) is 7.77. The molecule has 3 heterocycles. The predicted octanol–water partition coefficient (Wildman–Crippen LogP) is 2.80. The predicted molar refractivity (Wildman–Crippen MR) is 109 cm³/mol. The first-order valence-corrected chi connectivity index (χ1v) is 9.83. The molecule has 1 saturated heterocycles. The van der Waals surface area contributed by atoms with Crippen LogP contribution in [0.5, 0.6) is 0 Å². The normalized spacial score (nSPS) is 15.1. The van der Waals surface area contributed by atoms with Crippen LogP contribution < -0.4 is 4.90 Å². The van der Waals surface area contributed by atoms with Crippen molar-refractivity contribution in [1.29, 1.82) is 0 Å². The first-order chi connectivity index (χ1) is 13.9. The molecule has 7 nitrogen and oxygen atoms in total. The summed E-state index contributed by atoms with van der Waals surface area (Å²) in [7, 11) is 3.68. The van der Waals surface area contributed by atoms with Crippen LogP contribution in [0.15, 0.2) is 30.6 Å². The van der Waals surface area contributed by atoms with Crippen molar-refractivity contribution >= 4 is 22.6 Å². The van der Waals surface area contributed by atoms with Crippen LogP contribution in [0.3, 0.4) is 0 Å². The Morgan fingerprint density at radius 1 is 1.24 bits per heavy atom. The fourth-order valence-electron chi connectivity index (χ4n) is 3.93. The number of hydrogen-bond acceptors (Lipinski definition) is 5. The lowest BCUT2D eigenvalue weighted by atomic mass is 9.96. The summed E-state index contributed by atoms with van der Waals surface area (Å²) >= 11 is 0. The molecule has 2 aromatic heterocycles. The van der Waals surface area contributed by atoms with Gasteiger partial charge in [-0.2, -0.15) is 5.10 Å². The second-order valence-corrected chi connectivity index (χ2v) is 7.77. The van der Waals surface area contributed by atoms with Gasteiger partial charge in [0, 0.05) is 50.9 Å². The van der Waals surface area contributed by atoms with E-state index >= 15 is 0 Å². The minimum atomic E-state index is -0.295. The zero-order valence-electron chi connectivity index (χ0n) is 17.0. The summed E-state index contributed by atoms with van der Waals surface area (Å²) in [5.74, 6) is 0.939. The number of benzene rings is 1. The fraction of sp³-hybridized carbons (Fsp3) is 0.429. The molecule has 29 heavy (non-hydrogen) atoms. The Hall–Kier alpha value is -3.03. The van der Waals surface area contributed by atoms with Crippen LogP contribution in [0.1, 0.15) is 29.0 Å². The van der Waals surface area contributed by atoms with Gasteiger partial charge in [0.25, 0.3) is 5.91 Å². The summed E-state index contributed by atoms with van der Waals surface area (Å²) in [6, 6.07) is 6.45. The number of carbonyl (C=O) groups is 1. The van der Waals surface area contributed by atoms with Gasteiger partial charge >= 0.3 is 0 Å². The van der Waals surface area contributed by atoms with Crippen LogP contribution in [0.2, 0.25) is 0 Å². The van der Waals surface area contributed by atoms with E-state index in [1.807, 2.05) is 27.1 Å². The van der Waals surface area contributed by atoms with E-state index in [1.165, 1.54) is 18.5 Å². The van der Waals surface area contributed by atoms with Crippen molar-refractivity contribution < 1.29 is 9.18 Å². The molecule has 0 unspecified atom stereocenters. The molecule has 0 atom stereocenters. The van der Waals surface area contributed by atoms with Crippen LogP contribution in [0, 0.1) is 18.7 Å². The van der Waals surface area contributed by atoms with Crippen molar-refractivity contribution in [2.24, 2.45) is 13.0 Å². The van der Waals surface area contributed by atoms with Gasteiger partial charge in [0.1, 0.15) is 18.0 Å². The highest BCUT2D eigenvalue weighted by atomic mass is 19.1. The summed E-state index contributed by atoms with van der Waals surface area (Å²) < 4.78 is 15.2. The Kier molecular flexibility index (Phi) is 5.17. The number of hydrogen-bond donors (Lipinski definition) is 0. The van der Waals surface area contributed by atoms with Crippen molar-refractivity contribution in [2.45, 2.75) is 19.8 Å². The largest absolute Gasteiger partial charge is 0.356 e. The van der Waals surface area contributed by atoms with Crippen molar-refractivity contribution in [3.63, 3.8) is 0 Å². The van der Waals surface area contributed by atoms with Gasteiger partial charge in [-0.1, -0.05) is 0 Å². The highest BCUT2D eigenvalue weighted by molar-refractivity contribution is 5.92. The van der Waals surface area contributed by atoms with Gasteiger partial charge < -0.3 is 9.80 Å². The number of amides is 1. The van der Waals surface area contributed by atoms with Crippen LogP contribution in [-0.2, 0) is 7.05 Å². The molecule has 152 valence electrons. The molecule has 0 radical (unpaired) electrons. The molecular formula is C21H25FN6O. The van der Waals surface area contributed by atoms with E-state index in [-0.39, 0.29) is 11.7 Å². The molecule has 0 saturated carbocycles. The highest BCUT2D eigenvalue weighted by Crippen LogP contribution is 2.28. The maximum Gasteiger partial charge on any atom is 0.274 e. The lowest BCUT2D eigenvalue weighted by molar-refractivity contribution is 0.0758. The smallest absolute Gasteiger partial charge is 0.274 e. The first-order valence-electron chi connectivity index (χ1n) is 9.83. The number of aryl methyl sites for hydroxylation is 2. The maximum atomic E-state index is 13.5. The lowest BCUT2D eigenvalue weighted by Crippen LogP contribution is -2.40. The van der Waals surface area contributed by atoms with Gasteiger partial charge in [-0.15, -0.1) is 0 Å². The van der Waals surface area contributed by atoms with Crippen molar-refractivity contribution in [3.8, 4) is 0 Å². The van der Waals surface area contributed by atoms with E-state index in [2.05, 4.69) is 20.0 Å². The molecule has 1 fully saturated rings. The van der Waals surface area contributed by atoms with E-state index < -0.39 is 0 Å². The topological polar surface area (TPSA) is 67.2 Å². The highest BCUT2D eigenvalue weighted by Gasteiger charge is 2.25. The lowest BCUT2D eigenvalue weighted by Gasteiger charge is -2.34. The van der Waals surface area contributed by atoms with Gasteiger partial charge in [0.15, 0.2) is 5.69 Å². The molecule has 1 aliphatic rings. The Balaban J connectivity index is 1.39. The summed E-state index contributed by atoms with van der Waals surface area (Å²) in [5, 5.41) is 5.15. The van der Waals surface area contributed by atoms with E-state index in [1.54, 1.807) is 15.6 Å². The molecule has 8 heteroatoms. The number of anilines is 1. The van der Waals surface area contributed by atoms with Gasteiger partial charge in [0.05, 0.1) is 5.52 Å². The van der Waals surface area contributed by atoms with Crippen LogP contribution in [0.25, 0.3) is 10.9 Å². The third kappa shape index (κ3) is 3.92.